The van der Waals surface area contributed by atoms with Crippen molar-refractivity contribution in [3.05, 3.63) is 68.2 Å². The van der Waals surface area contributed by atoms with Gasteiger partial charge in [-0.1, -0.05) is 33.6 Å². The van der Waals surface area contributed by atoms with Crippen LogP contribution in [0.3, 0.4) is 0 Å². The van der Waals surface area contributed by atoms with Crippen LogP contribution in [-0.2, 0) is 0 Å². The smallest absolute Gasteiger partial charge is 0.132 e. The van der Waals surface area contributed by atoms with E-state index in [-0.39, 0.29) is 5.56 Å². The molecule has 106 valence electrons. The van der Waals surface area contributed by atoms with Gasteiger partial charge in [-0.3, -0.25) is 0 Å². The second-order valence-corrected chi connectivity index (χ2v) is 5.99. The third-order valence-electron chi connectivity index (χ3n) is 3.40. The molecule has 0 radical (unpaired) electrons. The fourth-order valence-electron chi connectivity index (χ4n) is 2.68. The van der Waals surface area contributed by atoms with E-state index in [0.717, 1.165) is 22.3 Å². The molecule has 2 aromatic rings. The lowest BCUT2D eigenvalue weighted by Crippen LogP contribution is -2.18. The van der Waals surface area contributed by atoms with E-state index in [1.54, 1.807) is 0 Å². The van der Waals surface area contributed by atoms with Gasteiger partial charge >= 0.3 is 0 Å². The summed E-state index contributed by atoms with van der Waals surface area (Å²) in [5, 5.41) is 0. The number of hydrogen-bond donors (Lipinski definition) is 1. The maximum Gasteiger partial charge on any atom is 0.132 e. The Bertz CT molecular complexity index is 564. The first-order valence-electron chi connectivity index (χ1n) is 6.29. The molecule has 0 saturated heterocycles. The van der Waals surface area contributed by atoms with Gasteiger partial charge in [-0.15, -0.1) is 0 Å². The van der Waals surface area contributed by atoms with Crippen LogP contribution in [0.2, 0.25) is 0 Å². The molecule has 20 heavy (non-hydrogen) atoms. The van der Waals surface area contributed by atoms with Crippen molar-refractivity contribution in [2.24, 2.45) is 5.73 Å². The zero-order valence-electron chi connectivity index (χ0n) is 11.6. The van der Waals surface area contributed by atoms with Crippen LogP contribution in [0.25, 0.3) is 0 Å². The van der Waals surface area contributed by atoms with Gasteiger partial charge in [-0.25, -0.2) is 8.78 Å². The summed E-state index contributed by atoms with van der Waals surface area (Å²) < 4.78 is 28.4. The van der Waals surface area contributed by atoms with Gasteiger partial charge in [0, 0.05) is 10.0 Å². The van der Waals surface area contributed by atoms with Gasteiger partial charge in [-0.2, -0.15) is 0 Å². The molecule has 0 fully saturated rings. The minimum atomic E-state index is -0.816. The third-order valence-corrected chi connectivity index (χ3v) is 3.86. The summed E-state index contributed by atoms with van der Waals surface area (Å²) in [4.78, 5) is 0. The predicted molar refractivity (Wildman–Crippen MR) is 80.7 cm³/mol. The first kappa shape index (κ1) is 15.1. The Morgan fingerprint density at radius 2 is 1.35 bits per heavy atom. The summed E-state index contributed by atoms with van der Waals surface area (Å²) >= 11 is 3.07. The van der Waals surface area contributed by atoms with Gasteiger partial charge in [0.1, 0.15) is 11.6 Å². The summed E-state index contributed by atoms with van der Waals surface area (Å²) in [6.45, 7) is 5.80. The average molecular weight is 340 g/mol. The van der Waals surface area contributed by atoms with Crippen LogP contribution in [0.5, 0.6) is 0 Å². The van der Waals surface area contributed by atoms with Crippen LogP contribution in [0, 0.1) is 32.4 Å². The molecule has 0 spiro atoms. The Labute approximate surface area is 125 Å². The van der Waals surface area contributed by atoms with E-state index < -0.39 is 17.7 Å². The van der Waals surface area contributed by atoms with E-state index in [0.29, 0.717) is 4.47 Å². The Morgan fingerprint density at radius 3 is 1.80 bits per heavy atom. The highest BCUT2D eigenvalue weighted by Crippen LogP contribution is 2.31. The van der Waals surface area contributed by atoms with Crippen LogP contribution in [-0.4, -0.2) is 0 Å². The molecule has 4 heteroatoms. The van der Waals surface area contributed by atoms with Crippen LogP contribution in [0.15, 0.2) is 28.7 Å². The number of nitrogens with two attached hydrogens (primary N) is 1. The van der Waals surface area contributed by atoms with Crippen molar-refractivity contribution in [2.45, 2.75) is 26.8 Å². The summed E-state index contributed by atoms with van der Waals surface area (Å²) in [5.41, 5.74) is 9.79. The van der Waals surface area contributed by atoms with Gasteiger partial charge < -0.3 is 5.73 Å². The highest BCUT2D eigenvalue weighted by Gasteiger charge is 2.22. The quantitative estimate of drug-likeness (QED) is 0.843. The van der Waals surface area contributed by atoms with Crippen LogP contribution in [0.4, 0.5) is 8.78 Å². The summed E-state index contributed by atoms with van der Waals surface area (Å²) in [6.07, 6.45) is 0. The Kier molecular flexibility index (Phi) is 4.25. The van der Waals surface area contributed by atoms with Crippen molar-refractivity contribution in [1.29, 1.82) is 0 Å². The lowest BCUT2D eigenvalue weighted by molar-refractivity contribution is 0.541. The third kappa shape index (κ3) is 2.76. The highest BCUT2D eigenvalue weighted by molar-refractivity contribution is 9.10. The summed E-state index contributed by atoms with van der Waals surface area (Å²) in [6, 6.07) is 5.59. The summed E-state index contributed by atoms with van der Waals surface area (Å²) in [7, 11) is 0. The van der Waals surface area contributed by atoms with Gasteiger partial charge in [-0.05, 0) is 49.6 Å². The zero-order chi connectivity index (χ0) is 15.0. The number of hydrogen-bond acceptors (Lipinski definition) is 1. The van der Waals surface area contributed by atoms with Crippen molar-refractivity contribution in [3.8, 4) is 0 Å². The van der Waals surface area contributed by atoms with Gasteiger partial charge in [0.05, 0.1) is 6.04 Å². The zero-order valence-corrected chi connectivity index (χ0v) is 13.2. The van der Waals surface area contributed by atoms with Crippen LogP contribution < -0.4 is 5.73 Å². The molecule has 1 atom stereocenters. The summed E-state index contributed by atoms with van der Waals surface area (Å²) in [5.74, 6) is -1.27. The molecule has 2 aromatic carbocycles. The molecular formula is C16H16BrF2N. The van der Waals surface area contributed by atoms with Gasteiger partial charge in [0.15, 0.2) is 0 Å². The highest BCUT2D eigenvalue weighted by atomic mass is 79.9. The van der Waals surface area contributed by atoms with Crippen molar-refractivity contribution in [1.82, 2.24) is 0 Å². The van der Waals surface area contributed by atoms with Gasteiger partial charge in [0.2, 0.25) is 0 Å². The molecule has 0 aliphatic rings. The van der Waals surface area contributed by atoms with Crippen molar-refractivity contribution in [3.63, 3.8) is 0 Å². The maximum atomic E-state index is 14.0. The molecule has 2 rings (SSSR count). The van der Waals surface area contributed by atoms with Gasteiger partial charge in [0.25, 0.3) is 0 Å². The van der Waals surface area contributed by atoms with Crippen molar-refractivity contribution >= 4 is 15.9 Å². The lowest BCUT2D eigenvalue weighted by Gasteiger charge is -2.20. The van der Waals surface area contributed by atoms with E-state index in [4.69, 9.17) is 5.73 Å². The molecule has 0 saturated carbocycles. The molecular weight excluding hydrogens is 324 g/mol. The molecule has 1 unspecified atom stereocenters. The second kappa shape index (κ2) is 5.62. The Morgan fingerprint density at radius 1 is 0.900 bits per heavy atom. The molecule has 0 heterocycles. The fourth-order valence-corrected chi connectivity index (χ4v) is 3.08. The molecule has 0 aliphatic carbocycles. The number of aryl methyl sites for hydroxylation is 3. The first-order chi connectivity index (χ1) is 9.31. The largest absolute Gasteiger partial charge is 0.320 e. The molecule has 2 N–H and O–H groups in total. The minimum absolute atomic E-state index is 0.0942. The molecule has 1 nitrogen and oxygen atoms in total. The molecule has 0 aromatic heterocycles. The standard InChI is InChI=1S/C16H16BrF2N/c1-8-4-9(2)14(10(3)5-8)16(20)15-12(18)6-11(17)7-13(15)19/h4-7,16H,20H2,1-3H3. The van der Waals surface area contributed by atoms with E-state index in [9.17, 15) is 8.78 Å². The second-order valence-electron chi connectivity index (χ2n) is 5.07. The monoisotopic (exact) mass is 339 g/mol. The average Bonchev–Trinajstić information content (AvgIpc) is 2.25. The SMILES string of the molecule is Cc1cc(C)c(C(N)c2c(F)cc(Br)cc2F)c(C)c1. The lowest BCUT2D eigenvalue weighted by atomic mass is 9.90. The number of rotatable bonds is 2. The number of benzene rings is 2. The number of halogens is 3. The molecule has 0 amide bonds. The van der Waals surface area contributed by atoms with E-state index in [2.05, 4.69) is 15.9 Å². The molecule has 0 bridgehead atoms. The van der Waals surface area contributed by atoms with Crippen molar-refractivity contribution < 1.29 is 8.78 Å². The predicted octanol–water partition coefficient (Wildman–Crippen LogP) is 4.70. The Balaban J connectivity index is 2.61. The topological polar surface area (TPSA) is 26.0 Å². The first-order valence-corrected chi connectivity index (χ1v) is 7.08. The van der Waals surface area contributed by atoms with E-state index >= 15 is 0 Å². The van der Waals surface area contributed by atoms with Crippen LogP contribution >= 0.6 is 15.9 Å². The normalized spacial score (nSPS) is 12.6. The maximum absolute atomic E-state index is 14.0. The minimum Gasteiger partial charge on any atom is -0.320 e. The van der Waals surface area contributed by atoms with Crippen LogP contribution in [0.1, 0.15) is 33.9 Å². The van der Waals surface area contributed by atoms with Crippen molar-refractivity contribution in [2.75, 3.05) is 0 Å². The molecule has 0 aliphatic heterocycles. The van der Waals surface area contributed by atoms with E-state index in [1.165, 1.54) is 12.1 Å². The Hall–Kier alpha value is -1.26. The fraction of sp³-hybridized carbons (Fsp3) is 0.250. The van der Waals surface area contributed by atoms with E-state index in [1.807, 2.05) is 32.9 Å².